The molecule has 0 N–H and O–H groups in total. The lowest BCUT2D eigenvalue weighted by molar-refractivity contribution is 0.660. The second-order valence-corrected chi connectivity index (χ2v) is 16.0. The maximum absolute atomic E-state index is 6.60. The van der Waals surface area contributed by atoms with E-state index in [-0.39, 0.29) is 5.41 Å². The van der Waals surface area contributed by atoms with E-state index in [0.717, 1.165) is 66.3 Å². The number of furan rings is 1. The largest absolute Gasteiger partial charge is 0.456 e. The number of benzene rings is 8. The zero-order valence-electron chi connectivity index (χ0n) is 32.5. The summed E-state index contributed by atoms with van der Waals surface area (Å²) in [6, 6.07) is 64.2. The Hall–Kier alpha value is -7.63. The molecule has 3 heterocycles. The predicted octanol–water partition coefficient (Wildman–Crippen LogP) is 13.8. The van der Waals surface area contributed by atoms with Gasteiger partial charge < -0.3 is 8.98 Å². The lowest BCUT2D eigenvalue weighted by Crippen LogP contribution is -2.15. The molecule has 0 saturated heterocycles. The SMILES string of the molecule is CC1(C)c2ccccc2-c2ccc(-c3nc(-c4ccccc4)nc(-c4ccc5c6ccccc6n(-c6ccc7c(c6)oc6cccc(-c8ccccc8)c67)c5c4)n3)cc21. The first-order chi connectivity index (χ1) is 29.0. The lowest BCUT2D eigenvalue weighted by atomic mass is 9.82. The van der Waals surface area contributed by atoms with Crippen LogP contribution in [0.25, 0.3) is 106 Å². The minimum Gasteiger partial charge on any atom is -0.456 e. The molecule has 12 rings (SSSR count). The Morgan fingerprint density at radius 3 is 1.83 bits per heavy atom. The third-order valence-electron chi connectivity index (χ3n) is 12.3. The zero-order valence-corrected chi connectivity index (χ0v) is 32.5. The number of para-hydroxylation sites is 1. The van der Waals surface area contributed by atoms with Gasteiger partial charge in [-0.05, 0) is 69.8 Å². The number of rotatable bonds is 5. The molecule has 0 radical (unpaired) electrons. The first-order valence-corrected chi connectivity index (χ1v) is 20.1. The molecule has 1 aliphatic rings. The van der Waals surface area contributed by atoms with E-state index >= 15 is 0 Å². The van der Waals surface area contributed by atoms with Gasteiger partial charge in [0, 0.05) is 55.4 Å². The molecule has 59 heavy (non-hydrogen) atoms. The van der Waals surface area contributed by atoms with Gasteiger partial charge in [-0.3, -0.25) is 0 Å². The predicted molar refractivity (Wildman–Crippen MR) is 241 cm³/mol. The standard InChI is InChI=1S/C54H36N4O/c1-54(2)44-21-11-9-18-39(44)40-27-24-35(30-45(40)54)52-55-51(34-16-7-4-8-17-34)56-53(57-52)36-25-28-42-41-19-10-12-22-46(41)58(47(42)31-36)37-26-29-43-49(32-37)59-48-23-13-20-38(50(43)48)33-14-5-3-6-15-33/h3-32H,1-2H3. The molecule has 0 spiro atoms. The van der Waals surface area contributed by atoms with Crippen molar-refractivity contribution >= 4 is 43.7 Å². The molecule has 11 aromatic rings. The van der Waals surface area contributed by atoms with Gasteiger partial charge in [0.05, 0.1) is 11.0 Å². The van der Waals surface area contributed by atoms with Crippen LogP contribution in [0.4, 0.5) is 0 Å². The normalized spacial score (nSPS) is 13.1. The number of hydrogen-bond donors (Lipinski definition) is 0. The molecule has 0 saturated carbocycles. The molecular formula is C54H36N4O. The highest BCUT2D eigenvalue weighted by molar-refractivity contribution is 6.14. The van der Waals surface area contributed by atoms with Crippen molar-refractivity contribution in [1.29, 1.82) is 0 Å². The van der Waals surface area contributed by atoms with E-state index in [9.17, 15) is 0 Å². The van der Waals surface area contributed by atoms with E-state index in [1.165, 1.54) is 33.2 Å². The first kappa shape index (κ1) is 33.5. The Bertz CT molecular complexity index is 3470. The highest BCUT2D eigenvalue weighted by Gasteiger charge is 2.35. The van der Waals surface area contributed by atoms with Crippen LogP contribution in [0.15, 0.2) is 186 Å². The van der Waals surface area contributed by atoms with Crippen LogP contribution in [0.5, 0.6) is 0 Å². The van der Waals surface area contributed by atoms with Crippen molar-refractivity contribution in [2.75, 3.05) is 0 Å². The van der Waals surface area contributed by atoms with Crippen LogP contribution in [0.3, 0.4) is 0 Å². The Labute approximate surface area is 340 Å². The highest BCUT2D eigenvalue weighted by Crippen LogP contribution is 2.49. The second-order valence-electron chi connectivity index (χ2n) is 16.0. The van der Waals surface area contributed by atoms with Crippen molar-refractivity contribution in [2.45, 2.75) is 19.3 Å². The summed E-state index contributed by atoms with van der Waals surface area (Å²) in [4.78, 5) is 15.5. The summed E-state index contributed by atoms with van der Waals surface area (Å²) in [7, 11) is 0. The summed E-state index contributed by atoms with van der Waals surface area (Å²) in [5, 5.41) is 4.54. The number of hydrogen-bond acceptors (Lipinski definition) is 4. The van der Waals surface area contributed by atoms with Gasteiger partial charge in [0.1, 0.15) is 11.2 Å². The summed E-state index contributed by atoms with van der Waals surface area (Å²) >= 11 is 0. The van der Waals surface area contributed by atoms with Crippen LogP contribution in [0.1, 0.15) is 25.0 Å². The molecule has 0 atom stereocenters. The van der Waals surface area contributed by atoms with Crippen molar-refractivity contribution in [3.8, 4) is 62.1 Å². The Morgan fingerprint density at radius 1 is 0.407 bits per heavy atom. The van der Waals surface area contributed by atoms with Crippen molar-refractivity contribution in [3.63, 3.8) is 0 Å². The first-order valence-electron chi connectivity index (χ1n) is 20.1. The summed E-state index contributed by atoms with van der Waals surface area (Å²) in [5.74, 6) is 1.91. The van der Waals surface area contributed by atoms with Gasteiger partial charge in [0.15, 0.2) is 17.5 Å². The smallest absolute Gasteiger partial charge is 0.164 e. The van der Waals surface area contributed by atoms with Crippen LogP contribution in [-0.2, 0) is 5.41 Å². The fraction of sp³-hybridized carbons (Fsp3) is 0.0556. The summed E-state index contributed by atoms with van der Waals surface area (Å²) in [6.07, 6.45) is 0. The van der Waals surface area contributed by atoms with Crippen molar-refractivity contribution in [2.24, 2.45) is 0 Å². The Balaban J connectivity index is 1.04. The Morgan fingerprint density at radius 2 is 1.02 bits per heavy atom. The van der Waals surface area contributed by atoms with E-state index in [4.69, 9.17) is 19.4 Å². The minimum absolute atomic E-state index is 0.145. The van der Waals surface area contributed by atoms with Gasteiger partial charge >= 0.3 is 0 Å². The molecule has 8 aromatic carbocycles. The fourth-order valence-electron chi connectivity index (χ4n) is 9.39. The van der Waals surface area contributed by atoms with Gasteiger partial charge in [-0.1, -0.05) is 153 Å². The zero-order chi connectivity index (χ0) is 39.2. The fourth-order valence-corrected chi connectivity index (χ4v) is 9.39. The molecule has 1 aliphatic carbocycles. The van der Waals surface area contributed by atoms with Gasteiger partial charge in [-0.25, -0.2) is 15.0 Å². The average molecular weight is 757 g/mol. The maximum Gasteiger partial charge on any atom is 0.164 e. The number of aromatic nitrogens is 4. The Kier molecular flexibility index (Phi) is 7.20. The van der Waals surface area contributed by atoms with Crippen molar-refractivity contribution < 1.29 is 4.42 Å². The van der Waals surface area contributed by atoms with E-state index in [2.05, 4.69) is 182 Å². The summed E-state index contributed by atoms with van der Waals surface area (Å²) in [5.41, 5.74) is 15.1. The van der Waals surface area contributed by atoms with Gasteiger partial charge in [-0.2, -0.15) is 0 Å². The molecular weight excluding hydrogens is 721 g/mol. The molecule has 5 nitrogen and oxygen atoms in total. The number of nitrogens with zero attached hydrogens (tertiary/aromatic N) is 4. The monoisotopic (exact) mass is 756 g/mol. The molecule has 0 fully saturated rings. The molecule has 3 aromatic heterocycles. The third kappa shape index (κ3) is 5.14. The van der Waals surface area contributed by atoms with Crippen LogP contribution >= 0.6 is 0 Å². The lowest BCUT2D eigenvalue weighted by Gasteiger charge is -2.21. The van der Waals surface area contributed by atoms with E-state index in [0.29, 0.717) is 17.5 Å². The van der Waals surface area contributed by atoms with Crippen molar-refractivity contribution in [1.82, 2.24) is 19.5 Å². The molecule has 0 amide bonds. The molecule has 0 unspecified atom stereocenters. The van der Waals surface area contributed by atoms with Crippen LogP contribution < -0.4 is 0 Å². The average Bonchev–Trinajstić information content (AvgIpc) is 3.91. The van der Waals surface area contributed by atoms with Crippen LogP contribution in [0.2, 0.25) is 0 Å². The van der Waals surface area contributed by atoms with Gasteiger partial charge in [0.25, 0.3) is 0 Å². The number of fused-ring (bicyclic) bond motifs is 9. The highest BCUT2D eigenvalue weighted by atomic mass is 16.3. The molecule has 0 aliphatic heterocycles. The maximum atomic E-state index is 6.60. The van der Waals surface area contributed by atoms with E-state index in [1.54, 1.807) is 0 Å². The molecule has 5 heteroatoms. The summed E-state index contributed by atoms with van der Waals surface area (Å²) < 4.78 is 8.93. The second kappa shape index (κ2) is 12.7. The van der Waals surface area contributed by atoms with Crippen LogP contribution in [0, 0.1) is 0 Å². The summed E-state index contributed by atoms with van der Waals surface area (Å²) in [6.45, 7) is 4.61. The topological polar surface area (TPSA) is 56.7 Å². The quantitative estimate of drug-likeness (QED) is 0.175. The van der Waals surface area contributed by atoms with Crippen molar-refractivity contribution in [3.05, 3.63) is 193 Å². The third-order valence-corrected chi connectivity index (χ3v) is 12.3. The van der Waals surface area contributed by atoms with E-state index < -0.39 is 0 Å². The van der Waals surface area contributed by atoms with Gasteiger partial charge in [-0.15, -0.1) is 0 Å². The minimum atomic E-state index is -0.145. The molecule has 278 valence electrons. The van der Waals surface area contributed by atoms with E-state index in [1.807, 2.05) is 18.2 Å². The van der Waals surface area contributed by atoms with Crippen LogP contribution in [-0.4, -0.2) is 19.5 Å². The van der Waals surface area contributed by atoms with Gasteiger partial charge in [0.2, 0.25) is 0 Å². The molecule has 0 bridgehead atoms.